The van der Waals surface area contributed by atoms with Crippen molar-refractivity contribution in [1.82, 2.24) is 0 Å². The molecule has 2 rings (SSSR count). The standard InChI is InChI=1S/C15H20F3NO2.ClH/c1-21-10-6-7-11(12(8-10)15(16,17)18)13(19)14(20)9-4-2-3-5-9;/h6-9,13-14,20H,2-5,19H2,1H3;1H/t13-,14+;/m0./s1. The Hall–Kier alpha value is -0.980. The molecule has 1 aliphatic rings. The van der Waals surface area contributed by atoms with Gasteiger partial charge in [-0.25, -0.2) is 0 Å². The van der Waals surface area contributed by atoms with Crippen LogP contribution in [0.3, 0.4) is 0 Å². The first kappa shape index (κ1) is 19.1. The second-order valence-corrected chi connectivity index (χ2v) is 5.51. The van der Waals surface area contributed by atoms with Crippen molar-refractivity contribution < 1.29 is 23.0 Å². The van der Waals surface area contributed by atoms with Gasteiger partial charge in [0.25, 0.3) is 0 Å². The van der Waals surface area contributed by atoms with Crippen molar-refractivity contribution in [3.05, 3.63) is 29.3 Å². The van der Waals surface area contributed by atoms with E-state index in [2.05, 4.69) is 0 Å². The normalized spacial score (nSPS) is 18.6. The molecular weight excluding hydrogens is 319 g/mol. The third kappa shape index (κ3) is 4.06. The lowest BCUT2D eigenvalue weighted by molar-refractivity contribution is -0.138. The van der Waals surface area contributed by atoms with Gasteiger partial charge < -0.3 is 15.6 Å². The summed E-state index contributed by atoms with van der Waals surface area (Å²) in [5.41, 5.74) is 4.99. The molecule has 126 valence electrons. The molecule has 1 aliphatic carbocycles. The molecule has 7 heteroatoms. The smallest absolute Gasteiger partial charge is 0.416 e. The minimum absolute atomic E-state index is 0. The largest absolute Gasteiger partial charge is 0.497 e. The van der Waals surface area contributed by atoms with E-state index in [1.165, 1.54) is 19.2 Å². The van der Waals surface area contributed by atoms with Crippen molar-refractivity contribution in [1.29, 1.82) is 0 Å². The van der Waals surface area contributed by atoms with Gasteiger partial charge in [0, 0.05) is 0 Å². The van der Waals surface area contributed by atoms with Crippen LogP contribution in [0.2, 0.25) is 0 Å². The van der Waals surface area contributed by atoms with Gasteiger partial charge in [-0.15, -0.1) is 12.4 Å². The zero-order valence-corrected chi connectivity index (χ0v) is 13.1. The minimum atomic E-state index is -4.53. The Morgan fingerprint density at radius 3 is 2.36 bits per heavy atom. The Kier molecular flexibility index (Phi) is 6.52. The van der Waals surface area contributed by atoms with Gasteiger partial charge in [0.15, 0.2) is 0 Å². The quantitative estimate of drug-likeness (QED) is 0.879. The topological polar surface area (TPSA) is 55.5 Å². The summed E-state index contributed by atoms with van der Waals surface area (Å²) in [6.07, 6.45) is -1.89. The Bertz CT molecular complexity index is 490. The van der Waals surface area contributed by atoms with Crippen molar-refractivity contribution in [2.45, 2.75) is 44.0 Å². The number of halogens is 4. The second kappa shape index (κ2) is 7.53. The molecule has 1 saturated carbocycles. The Morgan fingerprint density at radius 2 is 1.86 bits per heavy atom. The number of hydrogen-bond acceptors (Lipinski definition) is 3. The van der Waals surface area contributed by atoms with Crippen LogP contribution in [-0.2, 0) is 6.18 Å². The molecule has 0 saturated heterocycles. The number of alkyl halides is 3. The summed E-state index contributed by atoms with van der Waals surface area (Å²) in [6, 6.07) is 2.61. The van der Waals surface area contributed by atoms with E-state index in [-0.39, 0.29) is 29.6 Å². The summed E-state index contributed by atoms with van der Waals surface area (Å²) >= 11 is 0. The molecule has 0 unspecified atom stereocenters. The van der Waals surface area contributed by atoms with E-state index in [1.807, 2.05) is 0 Å². The summed E-state index contributed by atoms with van der Waals surface area (Å²) in [7, 11) is 1.31. The molecule has 0 radical (unpaired) electrons. The maximum Gasteiger partial charge on any atom is 0.416 e. The van der Waals surface area contributed by atoms with Gasteiger partial charge in [0.1, 0.15) is 5.75 Å². The number of ether oxygens (including phenoxy) is 1. The van der Waals surface area contributed by atoms with Gasteiger partial charge in [-0.1, -0.05) is 18.9 Å². The molecule has 0 aromatic heterocycles. The molecule has 0 bridgehead atoms. The van der Waals surface area contributed by atoms with Crippen LogP contribution in [0, 0.1) is 5.92 Å². The van der Waals surface area contributed by atoms with Gasteiger partial charge in [-0.2, -0.15) is 13.2 Å². The highest BCUT2D eigenvalue weighted by molar-refractivity contribution is 5.85. The fourth-order valence-corrected chi connectivity index (χ4v) is 2.97. The fraction of sp³-hybridized carbons (Fsp3) is 0.600. The fourth-order valence-electron chi connectivity index (χ4n) is 2.97. The van der Waals surface area contributed by atoms with Crippen molar-refractivity contribution in [2.75, 3.05) is 7.11 Å². The monoisotopic (exact) mass is 339 g/mol. The van der Waals surface area contributed by atoms with E-state index in [0.717, 1.165) is 31.7 Å². The van der Waals surface area contributed by atoms with Gasteiger partial charge in [0.05, 0.1) is 24.8 Å². The van der Waals surface area contributed by atoms with Crippen LogP contribution in [0.5, 0.6) is 5.75 Å². The average Bonchev–Trinajstić information content (AvgIpc) is 2.98. The van der Waals surface area contributed by atoms with E-state index in [0.29, 0.717) is 0 Å². The summed E-state index contributed by atoms with van der Waals surface area (Å²) in [4.78, 5) is 0. The van der Waals surface area contributed by atoms with Crippen LogP contribution in [0.1, 0.15) is 42.9 Å². The second-order valence-electron chi connectivity index (χ2n) is 5.51. The Morgan fingerprint density at radius 1 is 1.27 bits per heavy atom. The van der Waals surface area contributed by atoms with Crippen LogP contribution < -0.4 is 10.5 Å². The molecule has 0 amide bonds. The van der Waals surface area contributed by atoms with Crippen molar-refractivity contribution >= 4 is 12.4 Å². The Labute approximate surface area is 134 Å². The van der Waals surface area contributed by atoms with Gasteiger partial charge >= 0.3 is 6.18 Å². The van der Waals surface area contributed by atoms with Gasteiger partial charge in [-0.05, 0) is 36.5 Å². The summed E-state index contributed by atoms with van der Waals surface area (Å²) in [5, 5.41) is 10.3. The predicted octanol–water partition coefficient (Wildman–Crippen LogP) is 3.69. The molecule has 1 aromatic rings. The first-order valence-electron chi connectivity index (χ1n) is 7.03. The number of hydrogen-bond donors (Lipinski definition) is 2. The number of rotatable bonds is 4. The molecule has 22 heavy (non-hydrogen) atoms. The number of aliphatic hydroxyl groups is 1. The highest BCUT2D eigenvalue weighted by atomic mass is 35.5. The predicted molar refractivity (Wildman–Crippen MR) is 80.1 cm³/mol. The van der Waals surface area contributed by atoms with E-state index in [9.17, 15) is 18.3 Å². The lowest BCUT2D eigenvalue weighted by atomic mass is 9.88. The SMILES string of the molecule is COc1ccc([C@H](N)[C@H](O)C2CCCC2)c(C(F)(F)F)c1.Cl. The van der Waals surface area contributed by atoms with Crippen molar-refractivity contribution in [3.63, 3.8) is 0 Å². The first-order valence-corrected chi connectivity index (χ1v) is 7.03. The molecule has 0 heterocycles. The van der Waals surface area contributed by atoms with E-state index >= 15 is 0 Å². The van der Waals surface area contributed by atoms with E-state index in [4.69, 9.17) is 10.5 Å². The molecule has 3 N–H and O–H groups in total. The van der Waals surface area contributed by atoms with Crippen LogP contribution >= 0.6 is 12.4 Å². The average molecular weight is 340 g/mol. The minimum Gasteiger partial charge on any atom is -0.497 e. The van der Waals surface area contributed by atoms with Crippen LogP contribution in [0.4, 0.5) is 13.2 Å². The first-order chi connectivity index (χ1) is 9.84. The Balaban J connectivity index is 0.00000242. The van der Waals surface area contributed by atoms with Gasteiger partial charge in [0.2, 0.25) is 0 Å². The number of benzene rings is 1. The summed E-state index contributed by atoms with van der Waals surface area (Å²) in [5.74, 6) is 0.0943. The number of methoxy groups -OCH3 is 1. The lowest BCUT2D eigenvalue weighted by Gasteiger charge is -2.27. The molecule has 3 nitrogen and oxygen atoms in total. The maximum absolute atomic E-state index is 13.2. The highest BCUT2D eigenvalue weighted by Crippen LogP contribution is 2.39. The number of nitrogens with two attached hydrogens (primary N) is 1. The molecule has 1 aromatic carbocycles. The zero-order valence-electron chi connectivity index (χ0n) is 12.3. The number of aliphatic hydroxyl groups excluding tert-OH is 1. The maximum atomic E-state index is 13.2. The lowest BCUT2D eigenvalue weighted by Crippen LogP contribution is -2.33. The third-order valence-corrected chi connectivity index (χ3v) is 4.18. The molecule has 0 spiro atoms. The molecule has 0 aliphatic heterocycles. The molecular formula is C15H21ClF3NO2. The van der Waals surface area contributed by atoms with E-state index in [1.54, 1.807) is 0 Å². The van der Waals surface area contributed by atoms with Crippen LogP contribution in [0.25, 0.3) is 0 Å². The molecule has 2 atom stereocenters. The third-order valence-electron chi connectivity index (χ3n) is 4.18. The van der Waals surface area contributed by atoms with E-state index < -0.39 is 23.9 Å². The van der Waals surface area contributed by atoms with Crippen molar-refractivity contribution in [2.24, 2.45) is 11.7 Å². The van der Waals surface area contributed by atoms with Crippen molar-refractivity contribution in [3.8, 4) is 5.75 Å². The van der Waals surface area contributed by atoms with Crippen LogP contribution in [0.15, 0.2) is 18.2 Å². The zero-order chi connectivity index (χ0) is 15.6. The summed E-state index contributed by atoms with van der Waals surface area (Å²) in [6.45, 7) is 0. The molecule has 1 fully saturated rings. The van der Waals surface area contributed by atoms with Crippen LogP contribution in [-0.4, -0.2) is 18.3 Å². The summed E-state index contributed by atoms with van der Waals surface area (Å²) < 4.78 is 44.4. The van der Waals surface area contributed by atoms with Gasteiger partial charge in [-0.3, -0.25) is 0 Å². The highest BCUT2D eigenvalue weighted by Gasteiger charge is 2.38.